The van der Waals surface area contributed by atoms with Crippen LogP contribution in [0.25, 0.3) is 0 Å². The maximum Gasteiger partial charge on any atom is 0.315 e. The van der Waals surface area contributed by atoms with Gasteiger partial charge in [0.25, 0.3) is 5.91 Å². The van der Waals surface area contributed by atoms with E-state index in [-0.39, 0.29) is 6.54 Å². The normalized spacial score (nSPS) is 10.3. The lowest BCUT2D eigenvalue weighted by molar-refractivity contribution is -0.126. The predicted octanol–water partition coefficient (Wildman–Crippen LogP) is 1.35. The fraction of sp³-hybridized carbons (Fsp3) is 0.222. The van der Waals surface area contributed by atoms with Crippen molar-refractivity contribution in [2.24, 2.45) is 5.73 Å². The third kappa shape index (κ3) is 2.50. The molecule has 76 valence electrons. The van der Waals surface area contributed by atoms with Gasteiger partial charge in [-0.2, -0.15) is 8.78 Å². The quantitative estimate of drug-likeness (QED) is 0.773. The Morgan fingerprint density at radius 2 is 2.07 bits per heavy atom. The second kappa shape index (κ2) is 4.66. The molecule has 0 bridgehead atoms. The molecule has 0 saturated carbocycles. The van der Waals surface area contributed by atoms with Gasteiger partial charge in [0.05, 0.1) is 0 Å². The fourth-order valence-electron chi connectivity index (χ4n) is 1.01. The van der Waals surface area contributed by atoms with E-state index in [1.54, 1.807) is 18.2 Å². The summed E-state index contributed by atoms with van der Waals surface area (Å²) in [7, 11) is 0. The summed E-state index contributed by atoms with van der Waals surface area (Å²) < 4.78 is 23.8. The number of hydrogen-bond donors (Lipinski definition) is 2. The summed E-state index contributed by atoms with van der Waals surface area (Å²) in [6, 6.07) is 6.56. The van der Waals surface area contributed by atoms with Crippen LogP contribution in [0.1, 0.15) is 5.56 Å². The average Bonchev–Trinajstić information content (AvgIpc) is 2.18. The maximum absolute atomic E-state index is 11.9. The highest BCUT2D eigenvalue weighted by Crippen LogP contribution is 2.14. The van der Waals surface area contributed by atoms with Crippen LogP contribution in [0.15, 0.2) is 24.3 Å². The molecule has 0 radical (unpaired) electrons. The maximum atomic E-state index is 11.9. The minimum atomic E-state index is -3.01. The fourth-order valence-corrected chi connectivity index (χ4v) is 1.01. The van der Waals surface area contributed by atoms with Crippen molar-refractivity contribution in [3.05, 3.63) is 29.8 Å². The molecule has 0 aliphatic carbocycles. The number of para-hydroxylation sites is 1. The molecule has 0 saturated heterocycles. The second-order valence-electron chi connectivity index (χ2n) is 2.65. The lowest BCUT2D eigenvalue weighted by atomic mass is 10.2. The van der Waals surface area contributed by atoms with Crippen molar-refractivity contribution in [3.63, 3.8) is 0 Å². The van der Waals surface area contributed by atoms with E-state index >= 15 is 0 Å². The minimum absolute atomic E-state index is 0.194. The lowest BCUT2D eigenvalue weighted by Crippen LogP contribution is -2.21. The zero-order chi connectivity index (χ0) is 10.6. The number of nitrogens with two attached hydrogens (primary N) is 1. The third-order valence-corrected chi connectivity index (χ3v) is 1.69. The van der Waals surface area contributed by atoms with Gasteiger partial charge in [0.15, 0.2) is 0 Å². The van der Waals surface area contributed by atoms with Gasteiger partial charge in [-0.05, 0) is 11.6 Å². The molecule has 1 aromatic carbocycles. The number of nitrogens with one attached hydrogen (secondary N) is 1. The van der Waals surface area contributed by atoms with E-state index < -0.39 is 12.3 Å². The van der Waals surface area contributed by atoms with Crippen LogP contribution in [-0.4, -0.2) is 12.3 Å². The van der Waals surface area contributed by atoms with Gasteiger partial charge in [-0.25, -0.2) is 0 Å². The first-order chi connectivity index (χ1) is 6.65. The molecular weight excluding hydrogens is 190 g/mol. The predicted molar refractivity (Wildman–Crippen MR) is 49.0 cm³/mol. The zero-order valence-corrected chi connectivity index (χ0v) is 7.34. The highest BCUT2D eigenvalue weighted by molar-refractivity contribution is 5.93. The Labute approximate surface area is 79.9 Å². The zero-order valence-electron chi connectivity index (χ0n) is 7.34. The smallest absolute Gasteiger partial charge is 0.315 e. The standard InChI is InChI=1S/C9H10F2N2O/c10-8(11)9(14)13-7-4-2-1-3-6(7)5-12/h1-4,8H,5,12H2,(H,13,14). The lowest BCUT2D eigenvalue weighted by Gasteiger charge is -2.08. The Morgan fingerprint density at radius 1 is 1.43 bits per heavy atom. The summed E-state index contributed by atoms with van der Waals surface area (Å²) in [5.41, 5.74) is 6.32. The van der Waals surface area contributed by atoms with E-state index in [9.17, 15) is 13.6 Å². The molecule has 1 amide bonds. The summed E-state index contributed by atoms with van der Waals surface area (Å²) in [5.74, 6) is -1.31. The number of halogens is 2. The second-order valence-corrected chi connectivity index (χ2v) is 2.65. The summed E-state index contributed by atoms with van der Waals surface area (Å²) in [6.07, 6.45) is -3.01. The Hall–Kier alpha value is -1.49. The summed E-state index contributed by atoms with van der Waals surface area (Å²) in [5, 5.41) is 2.09. The van der Waals surface area contributed by atoms with Crippen LogP contribution in [0.5, 0.6) is 0 Å². The molecule has 0 heterocycles. The third-order valence-electron chi connectivity index (χ3n) is 1.69. The van der Waals surface area contributed by atoms with Crippen molar-refractivity contribution in [2.75, 3.05) is 5.32 Å². The van der Waals surface area contributed by atoms with Crippen molar-refractivity contribution >= 4 is 11.6 Å². The molecule has 3 nitrogen and oxygen atoms in total. The number of anilines is 1. The van der Waals surface area contributed by atoms with Gasteiger partial charge in [0.1, 0.15) is 0 Å². The first kappa shape index (κ1) is 10.6. The Bertz CT molecular complexity index is 328. The van der Waals surface area contributed by atoms with E-state index in [2.05, 4.69) is 5.32 Å². The summed E-state index contributed by atoms with van der Waals surface area (Å²) >= 11 is 0. The molecule has 5 heteroatoms. The van der Waals surface area contributed by atoms with Crippen LogP contribution in [-0.2, 0) is 11.3 Å². The van der Waals surface area contributed by atoms with Crippen LogP contribution >= 0.6 is 0 Å². The SMILES string of the molecule is NCc1ccccc1NC(=O)C(F)F. The van der Waals surface area contributed by atoms with E-state index in [1.165, 1.54) is 6.07 Å². The number of carbonyl (C=O) groups is 1. The minimum Gasteiger partial charge on any atom is -0.326 e. The van der Waals surface area contributed by atoms with Gasteiger partial charge < -0.3 is 11.1 Å². The molecule has 0 aliphatic rings. The van der Waals surface area contributed by atoms with Crippen LogP contribution < -0.4 is 11.1 Å². The Kier molecular flexibility index (Phi) is 3.53. The van der Waals surface area contributed by atoms with Crippen molar-refractivity contribution in [3.8, 4) is 0 Å². The van der Waals surface area contributed by atoms with Gasteiger partial charge in [-0.3, -0.25) is 4.79 Å². The van der Waals surface area contributed by atoms with Crippen LogP contribution in [0.4, 0.5) is 14.5 Å². The molecular formula is C9H10F2N2O. The Morgan fingerprint density at radius 3 is 2.64 bits per heavy atom. The van der Waals surface area contributed by atoms with Crippen LogP contribution in [0.3, 0.4) is 0 Å². The molecule has 0 atom stereocenters. The van der Waals surface area contributed by atoms with E-state index in [4.69, 9.17) is 5.73 Å². The number of benzene rings is 1. The highest BCUT2D eigenvalue weighted by atomic mass is 19.3. The Balaban J connectivity index is 2.80. The van der Waals surface area contributed by atoms with E-state index in [0.717, 1.165) is 0 Å². The molecule has 0 unspecified atom stereocenters. The van der Waals surface area contributed by atoms with Crippen molar-refractivity contribution < 1.29 is 13.6 Å². The van der Waals surface area contributed by atoms with Crippen molar-refractivity contribution in [2.45, 2.75) is 13.0 Å². The molecule has 0 fully saturated rings. The number of alkyl halides is 2. The molecule has 0 aromatic heterocycles. The molecule has 1 rings (SSSR count). The first-order valence-electron chi connectivity index (χ1n) is 4.02. The van der Waals surface area contributed by atoms with E-state index in [0.29, 0.717) is 11.3 Å². The average molecular weight is 200 g/mol. The number of rotatable bonds is 3. The van der Waals surface area contributed by atoms with Gasteiger partial charge in [0.2, 0.25) is 0 Å². The summed E-state index contributed by atoms with van der Waals surface area (Å²) in [4.78, 5) is 10.7. The molecule has 3 N–H and O–H groups in total. The monoisotopic (exact) mass is 200 g/mol. The van der Waals surface area contributed by atoms with Crippen molar-refractivity contribution in [1.29, 1.82) is 0 Å². The van der Waals surface area contributed by atoms with Crippen LogP contribution in [0, 0.1) is 0 Å². The summed E-state index contributed by atoms with van der Waals surface area (Å²) in [6.45, 7) is 0.194. The van der Waals surface area contributed by atoms with E-state index in [1.807, 2.05) is 0 Å². The molecule has 0 spiro atoms. The number of amides is 1. The number of hydrogen-bond acceptors (Lipinski definition) is 2. The van der Waals surface area contributed by atoms with Crippen molar-refractivity contribution in [1.82, 2.24) is 0 Å². The topological polar surface area (TPSA) is 55.1 Å². The highest BCUT2D eigenvalue weighted by Gasteiger charge is 2.15. The van der Waals surface area contributed by atoms with Gasteiger partial charge in [0, 0.05) is 12.2 Å². The van der Waals surface area contributed by atoms with Gasteiger partial charge in [-0.1, -0.05) is 18.2 Å². The largest absolute Gasteiger partial charge is 0.326 e. The molecule has 0 aliphatic heterocycles. The van der Waals surface area contributed by atoms with Gasteiger partial charge in [-0.15, -0.1) is 0 Å². The first-order valence-corrected chi connectivity index (χ1v) is 4.02. The molecule has 14 heavy (non-hydrogen) atoms. The van der Waals surface area contributed by atoms with Gasteiger partial charge >= 0.3 is 6.43 Å². The van der Waals surface area contributed by atoms with Crippen LogP contribution in [0.2, 0.25) is 0 Å². The molecule has 1 aromatic rings. The number of carbonyl (C=O) groups excluding carboxylic acids is 1.